The number of hydrogen-bond donors (Lipinski definition) is 1. The van der Waals surface area contributed by atoms with Crippen molar-refractivity contribution in [2.24, 2.45) is 0 Å². The van der Waals surface area contributed by atoms with Gasteiger partial charge in [-0.3, -0.25) is 4.79 Å². The van der Waals surface area contributed by atoms with Gasteiger partial charge in [0.05, 0.1) is 19.3 Å². The number of ether oxygens (including phenoxy) is 1. The third-order valence-electron chi connectivity index (χ3n) is 3.13. The van der Waals surface area contributed by atoms with E-state index >= 15 is 0 Å². The van der Waals surface area contributed by atoms with Crippen molar-refractivity contribution < 1.29 is 9.53 Å². The van der Waals surface area contributed by atoms with Crippen molar-refractivity contribution in [1.82, 2.24) is 5.32 Å². The zero-order chi connectivity index (χ0) is 12.4. The number of benzene rings is 1. The van der Waals surface area contributed by atoms with E-state index in [1.54, 1.807) is 6.92 Å². The van der Waals surface area contributed by atoms with Gasteiger partial charge in [-0.1, -0.05) is 32.0 Å². The first-order valence-corrected chi connectivity index (χ1v) is 6.05. The Morgan fingerprint density at radius 2 is 2.24 bits per heavy atom. The fraction of sp³-hybridized carbons (Fsp3) is 0.500. The molecule has 1 atom stereocenters. The topological polar surface area (TPSA) is 38.3 Å². The Bertz CT molecular complexity index is 426. The average molecular weight is 233 g/mol. The summed E-state index contributed by atoms with van der Waals surface area (Å²) in [5.74, 6) is 0.488. The van der Waals surface area contributed by atoms with Crippen LogP contribution < -0.4 is 5.32 Å². The second kappa shape index (κ2) is 4.88. The molecule has 2 rings (SSSR count). The SMILES string of the molecule is CC(=O)N[C@H]1COCc2ccc(C(C)C)cc21. The number of amides is 1. The highest BCUT2D eigenvalue weighted by Crippen LogP contribution is 2.28. The lowest BCUT2D eigenvalue weighted by Crippen LogP contribution is -2.32. The van der Waals surface area contributed by atoms with Crippen LogP contribution in [-0.2, 0) is 16.1 Å². The Hall–Kier alpha value is -1.35. The molecule has 17 heavy (non-hydrogen) atoms. The van der Waals surface area contributed by atoms with Crippen LogP contribution >= 0.6 is 0 Å². The van der Waals surface area contributed by atoms with E-state index in [0.717, 1.165) is 0 Å². The molecule has 0 saturated carbocycles. The fourth-order valence-corrected chi connectivity index (χ4v) is 2.17. The molecule has 3 heteroatoms. The maximum Gasteiger partial charge on any atom is 0.217 e. The van der Waals surface area contributed by atoms with Crippen LogP contribution in [0.3, 0.4) is 0 Å². The second-order valence-electron chi connectivity index (χ2n) is 4.88. The van der Waals surface area contributed by atoms with Gasteiger partial charge in [-0.2, -0.15) is 0 Å². The molecule has 0 aliphatic carbocycles. The minimum atomic E-state index is -0.0126. The van der Waals surface area contributed by atoms with Crippen LogP contribution in [0.5, 0.6) is 0 Å². The third-order valence-corrected chi connectivity index (χ3v) is 3.13. The summed E-state index contributed by atoms with van der Waals surface area (Å²) in [7, 11) is 0. The van der Waals surface area contributed by atoms with E-state index in [9.17, 15) is 4.79 Å². The van der Waals surface area contributed by atoms with Crippen molar-refractivity contribution in [1.29, 1.82) is 0 Å². The van der Waals surface area contributed by atoms with Crippen LogP contribution in [-0.4, -0.2) is 12.5 Å². The molecule has 0 bridgehead atoms. The summed E-state index contributed by atoms with van der Waals surface area (Å²) in [6.07, 6.45) is 0. The molecule has 3 nitrogen and oxygen atoms in total. The number of hydrogen-bond acceptors (Lipinski definition) is 2. The maximum atomic E-state index is 11.2. The van der Waals surface area contributed by atoms with E-state index in [4.69, 9.17) is 4.74 Å². The minimum Gasteiger partial charge on any atom is -0.374 e. The molecule has 0 spiro atoms. The second-order valence-corrected chi connectivity index (χ2v) is 4.88. The van der Waals surface area contributed by atoms with E-state index in [-0.39, 0.29) is 11.9 Å². The van der Waals surface area contributed by atoms with Gasteiger partial charge < -0.3 is 10.1 Å². The van der Waals surface area contributed by atoms with Gasteiger partial charge in [0, 0.05) is 6.92 Å². The first-order valence-electron chi connectivity index (χ1n) is 6.05. The highest BCUT2D eigenvalue weighted by Gasteiger charge is 2.21. The van der Waals surface area contributed by atoms with Gasteiger partial charge in [0.1, 0.15) is 0 Å². The molecule has 0 saturated heterocycles. The molecular formula is C14H19NO2. The van der Waals surface area contributed by atoms with E-state index in [2.05, 4.69) is 37.4 Å². The normalized spacial score (nSPS) is 18.9. The lowest BCUT2D eigenvalue weighted by Gasteiger charge is -2.27. The van der Waals surface area contributed by atoms with Gasteiger partial charge in [-0.05, 0) is 22.6 Å². The predicted octanol–water partition coefficient (Wildman–Crippen LogP) is 2.52. The van der Waals surface area contributed by atoms with Gasteiger partial charge in [-0.15, -0.1) is 0 Å². The predicted molar refractivity (Wildman–Crippen MR) is 66.7 cm³/mol. The van der Waals surface area contributed by atoms with Gasteiger partial charge in [-0.25, -0.2) is 0 Å². The summed E-state index contributed by atoms with van der Waals surface area (Å²) in [5.41, 5.74) is 3.69. The van der Waals surface area contributed by atoms with E-state index in [0.29, 0.717) is 19.1 Å². The first kappa shape index (κ1) is 12.1. The molecule has 0 fully saturated rings. The minimum absolute atomic E-state index is 0.00468. The summed E-state index contributed by atoms with van der Waals surface area (Å²) < 4.78 is 5.50. The van der Waals surface area contributed by atoms with Gasteiger partial charge in [0.25, 0.3) is 0 Å². The number of nitrogens with one attached hydrogen (secondary N) is 1. The molecule has 1 aliphatic rings. The number of carbonyl (C=O) groups excluding carboxylic acids is 1. The van der Waals surface area contributed by atoms with Crippen LogP contribution in [0.4, 0.5) is 0 Å². The Labute approximate surface area is 102 Å². The molecule has 1 N–H and O–H groups in total. The van der Waals surface area contributed by atoms with E-state index in [1.165, 1.54) is 16.7 Å². The van der Waals surface area contributed by atoms with E-state index < -0.39 is 0 Å². The van der Waals surface area contributed by atoms with Gasteiger partial charge >= 0.3 is 0 Å². The highest BCUT2D eigenvalue weighted by molar-refractivity contribution is 5.73. The zero-order valence-electron chi connectivity index (χ0n) is 10.6. The zero-order valence-corrected chi connectivity index (χ0v) is 10.6. The molecule has 1 amide bonds. The van der Waals surface area contributed by atoms with Crippen LogP contribution in [0.1, 0.15) is 49.4 Å². The molecule has 1 aromatic carbocycles. The quantitative estimate of drug-likeness (QED) is 0.852. The summed E-state index contributed by atoms with van der Waals surface area (Å²) in [5, 5.41) is 2.94. The summed E-state index contributed by atoms with van der Waals surface area (Å²) in [4.78, 5) is 11.2. The molecule has 0 unspecified atom stereocenters. The molecule has 0 radical (unpaired) electrons. The monoisotopic (exact) mass is 233 g/mol. The summed E-state index contributed by atoms with van der Waals surface area (Å²) in [6, 6.07) is 6.44. The van der Waals surface area contributed by atoms with Crippen molar-refractivity contribution in [3.8, 4) is 0 Å². The van der Waals surface area contributed by atoms with E-state index in [1.807, 2.05) is 0 Å². The van der Waals surface area contributed by atoms with Crippen molar-refractivity contribution in [3.63, 3.8) is 0 Å². The van der Waals surface area contributed by atoms with Crippen LogP contribution in [0.2, 0.25) is 0 Å². The van der Waals surface area contributed by atoms with Crippen molar-refractivity contribution in [3.05, 3.63) is 34.9 Å². The average Bonchev–Trinajstić information content (AvgIpc) is 2.28. The Morgan fingerprint density at radius 1 is 1.47 bits per heavy atom. The maximum absolute atomic E-state index is 11.2. The standard InChI is InChI=1S/C14H19NO2/c1-9(2)11-4-5-12-7-17-8-14(13(12)6-11)15-10(3)16/h4-6,9,14H,7-8H2,1-3H3,(H,15,16)/t14-/m0/s1. The lowest BCUT2D eigenvalue weighted by molar-refractivity contribution is -0.120. The fourth-order valence-electron chi connectivity index (χ4n) is 2.17. The molecule has 1 heterocycles. The molecular weight excluding hydrogens is 214 g/mol. The number of carbonyl (C=O) groups is 1. The van der Waals surface area contributed by atoms with Gasteiger partial charge in [0.2, 0.25) is 5.91 Å². The Balaban J connectivity index is 2.33. The smallest absolute Gasteiger partial charge is 0.217 e. The molecule has 1 aliphatic heterocycles. The number of rotatable bonds is 2. The first-order chi connectivity index (χ1) is 8.08. The van der Waals surface area contributed by atoms with Gasteiger partial charge in [0.15, 0.2) is 0 Å². The largest absolute Gasteiger partial charge is 0.374 e. The molecule has 1 aromatic rings. The van der Waals surface area contributed by atoms with Crippen LogP contribution in [0.25, 0.3) is 0 Å². The Kier molecular flexibility index (Phi) is 3.48. The van der Waals surface area contributed by atoms with Crippen LogP contribution in [0, 0.1) is 0 Å². The highest BCUT2D eigenvalue weighted by atomic mass is 16.5. The van der Waals surface area contributed by atoms with Crippen LogP contribution in [0.15, 0.2) is 18.2 Å². The Morgan fingerprint density at radius 3 is 2.88 bits per heavy atom. The molecule has 0 aromatic heterocycles. The lowest BCUT2D eigenvalue weighted by atomic mass is 9.92. The molecule has 92 valence electrons. The summed E-state index contributed by atoms with van der Waals surface area (Å²) >= 11 is 0. The summed E-state index contributed by atoms with van der Waals surface area (Å²) in [6.45, 7) is 7.10. The van der Waals surface area contributed by atoms with Crippen molar-refractivity contribution >= 4 is 5.91 Å². The van der Waals surface area contributed by atoms with Crippen molar-refractivity contribution in [2.75, 3.05) is 6.61 Å². The number of fused-ring (bicyclic) bond motifs is 1. The third kappa shape index (κ3) is 2.67. The van der Waals surface area contributed by atoms with Crippen molar-refractivity contribution in [2.45, 2.75) is 39.3 Å².